The molecule has 1 saturated heterocycles. The van der Waals surface area contributed by atoms with E-state index in [0.29, 0.717) is 11.8 Å². The quantitative estimate of drug-likeness (QED) is 0.724. The molecule has 5 nitrogen and oxygen atoms in total. The van der Waals surface area contributed by atoms with E-state index < -0.39 is 0 Å². The molecule has 3 aromatic rings. The third-order valence-electron chi connectivity index (χ3n) is 5.43. The first-order chi connectivity index (χ1) is 13.3. The first-order valence-electron chi connectivity index (χ1n) is 9.26. The molecule has 2 aromatic carbocycles. The topological polar surface area (TPSA) is 50.4 Å². The fourth-order valence-corrected chi connectivity index (χ4v) is 4.09. The number of methoxy groups -OCH3 is 2. The van der Waals surface area contributed by atoms with Crippen molar-refractivity contribution in [1.29, 1.82) is 0 Å². The Morgan fingerprint density at radius 3 is 2.52 bits per heavy atom. The van der Waals surface area contributed by atoms with Crippen LogP contribution in [0.15, 0.2) is 60.8 Å². The van der Waals surface area contributed by atoms with Crippen molar-refractivity contribution in [3.8, 4) is 11.5 Å². The van der Waals surface area contributed by atoms with Gasteiger partial charge in [-0.1, -0.05) is 30.3 Å². The lowest BCUT2D eigenvalue weighted by atomic mass is 9.87. The zero-order valence-electron chi connectivity index (χ0n) is 15.8. The molecular weight excluding hydrogens is 338 g/mol. The summed E-state index contributed by atoms with van der Waals surface area (Å²) < 4.78 is 11.0. The van der Waals surface area contributed by atoms with Gasteiger partial charge in [0.05, 0.1) is 14.2 Å². The zero-order valence-corrected chi connectivity index (χ0v) is 15.8. The summed E-state index contributed by atoms with van der Waals surface area (Å²) in [6.45, 7) is 2.80. The average Bonchev–Trinajstić information content (AvgIpc) is 3.38. The molecule has 0 unspecified atom stereocenters. The smallest absolute Gasteiger partial charge is 0.123 e. The van der Waals surface area contributed by atoms with Crippen LogP contribution in [0.25, 0.3) is 0 Å². The molecule has 1 aliphatic rings. The minimum Gasteiger partial charge on any atom is -0.497 e. The number of likely N-dealkylation sites (tertiary alicyclic amines) is 1. The van der Waals surface area contributed by atoms with Gasteiger partial charge in [0.15, 0.2) is 0 Å². The minimum atomic E-state index is 0.395. The molecule has 27 heavy (non-hydrogen) atoms. The van der Waals surface area contributed by atoms with Crippen molar-refractivity contribution >= 4 is 0 Å². The van der Waals surface area contributed by atoms with Crippen LogP contribution in [0.4, 0.5) is 0 Å². The van der Waals surface area contributed by atoms with Gasteiger partial charge in [-0.2, -0.15) is 5.10 Å². The minimum absolute atomic E-state index is 0.395. The molecule has 5 heteroatoms. The molecular formula is C22H25N3O2. The summed E-state index contributed by atoms with van der Waals surface area (Å²) in [4.78, 5) is 2.49. The largest absolute Gasteiger partial charge is 0.497 e. The van der Waals surface area contributed by atoms with Gasteiger partial charge >= 0.3 is 0 Å². The van der Waals surface area contributed by atoms with E-state index >= 15 is 0 Å². The number of hydrogen-bond acceptors (Lipinski definition) is 4. The highest BCUT2D eigenvalue weighted by Crippen LogP contribution is 2.40. The van der Waals surface area contributed by atoms with Gasteiger partial charge in [-0.3, -0.25) is 10.00 Å². The predicted molar refractivity (Wildman–Crippen MR) is 105 cm³/mol. The first kappa shape index (κ1) is 17.6. The Labute approximate surface area is 159 Å². The van der Waals surface area contributed by atoms with E-state index in [4.69, 9.17) is 9.47 Å². The molecule has 1 fully saturated rings. The molecule has 0 saturated carbocycles. The maximum atomic E-state index is 5.57. The lowest BCUT2D eigenvalue weighted by Gasteiger charge is -2.18. The molecule has 0 radical (unpaired) electrons. The zero-order chi connectivity index (χ0) is 18.6. The molecule has 4 rings (SSSR count). The van der Waals surface area contributed by atoms with Gasteiger partial charge in [-0.15, -0.1) is 0 Å². The van der Waals surface area contributed by atoms with Crippen molar-refractivity contribution in [1.82, 2.24) is 15.1 Å². The van der Waals surface area contributed by atoms with Crippen LogP contribution in [-0.4, -0.2) is 42.4 Å². The second-order valence-electron chi connectivity index (χ2n) is 7.01. The predicted octanol–water partition coefficient (Wildman–Crippen LogP) is 3.81. The molecule has 140 valence electrons. The monoisotopic (exact) mass is 363 g/mol. The standard InChI is InChI=1S/C22H25N3O2/c1-26-18-8-9-22(27-2)17(12-18)13-25-14-19(16-6-4-3-5-7-16)20(15-25)21-10-11-23-24-21/h3-12,19-20H,13-15H2,1-2H3,(H,23,24)/t19-,20+/m0/s1. The van der Waals surface area contributed by atoms with Crippen molar-refractivity contribution in [2.24, 2.45) is 0 Å². The van der Waals surface area contributed by atoms with E-state index in [-0.39, 0.29) is 0 Å². The van der Waals surface area contributed by atoms with Crippen molar-refractivity contribution in [2.45, 2.75) is 18.4 Å². The number of nitrogens with zero attached hydrogens (tertiary/aromatic N) is 2. The van der Waals surface area contributed by atoms with Crippen LogP contribution in [0.5, 0.6) is 11.5 Å². The van der Waals surface area contributed by atoms with Gasteiger partial charge in [0, 0.05) is 48.9 Å². The van der Waals surface area contributed by atoms with Gasteiger partial charge in [0.25, 0.3) is 0 Å². The number of H-pyrrole nitrogens is 1. The van der Waals surface area contributed by atoms with E-state index in [1.165, 1.54) is 11.3 Å². The number of nitrogens with one attached hydrogen (secondary N) is 1. The molecule has 1 aliphatic heterocycles. The summed E-state index contributed by atoms with van der Waals surface area (Å²) in [7, 11) is 3.41. The third-order valence-corrected chi connectivity index (χ3v) is 5.43. The molecule has 0 spiro atoms. The summed E-state index contributed by atoms with van der Waals surface area (Å²) in [6.07, 6.45) is 1.84. The molecule has 2 atom stereocenters. The van der Waals surface area contributed by atoms with Gasteiger partial charge in [-0.05, 0) is 29.8 Å². The van der Waals surface area contributed by atoms with Gasteiger partial charge < -0.3 is 9.47 Å². The summed E-state index contributed by atoms with van der Waals surface area (Å²) in [5.41, 5.74) is 3.72. The Morgan fingerprint density at radius 1 is 1.00 bits per heavy atom. The van der Waals surface area contributed by atoms with Crippen molar-refractivity contribution in [3.63, 3.8) is 0 Å². The van der Waals surface area contributed by atoms with Gasteiger partial charge in [0.1, 0.15) is 11.5 Å². The number of benzene rings is 2. The number of rotatable bonds is 6. The number of aromatic amines is 1. The first-order valence-corrected chi connectivity index (χ1v) is 9.26. The summed E-state index contributed by atoms with van der Waals surface area (Å²) >= 11 is 0. The molecule has 1 aromatic heterocycles. The van der Waals surface area contributed by atoms with E-state index in [0.717, 1.165) is 36.7 Å². The second kappa shape index (κ2) is 7.84. The van der Waals surface area contributed by atoms with Crippen LogP contribution in [0.2, 0.25) is 0 Å². The lowest BCUT2D eigenvalue weighted by Crippen LogP contribution is -2.20. The second-order valence-corrected chi connectivity index (χ2v) is 7.01. The Bertz CT molecular complexity index is 865. The van der Waals surface area contributed by atoms with Crippen molar-refractivity contribution < 1.29 is 9.47 Å². The van der Waals surface area contributed by atoms with E-state index in [9.17, 15) is 0 Å². The highest BCUT2D eigenvalue weighted by atomic mass is 16.5. The fraction of sp³-hybridized carbons (Fsp3) is 0.318. The highest BCUT2D eigenvalue weighted by Gasteiger charge is 2.35. The van der Waals surface area contributed by atoms with Crippen LogP contribution < -0.4 is 9.47 Å². The van der Waals surface area contributed by atoms with Crippen LogP contribution >= 0.6 is 0 Å². The Morgan fingerprint density at radius 2 is 1.81 bits per heavy atom. The average molecular weight is 363 g/mol. The summed E-state index contributed by atoms with van der Waals surface area (Å²) in [5, 5.41) is 7.36. The molecule has 0 bridgehead atoms. The fourth-order valence-electron chi connectivity index (χ4n) is 4.09. The normalized spacial score (nSPS) is 19.9. The number of ether oxygens (including phenoxy) is 2. The van der Waals surface area contributed by atoms with E-state index in [2.05, 4.69) is 57.6 Å². The number of hydrogen-bond donors (Lipinski definition) is 1. The lowest BCUT2D eigenvalue weighted by molar-refractivity contribution is 0.312. The molecule has 0 amide bonds. The molecule has 1 N–H and O–H groups in total. The van der Waals surface area contributed by atoms with Crippen LogP contribution in [0.3, 0.4) is 0 Å². The summed E-state index contributed by atoms with van der Waals surface area (Å²) in [6, 6.07) is 18.8. The summed E-state index contributed by atoms with van der Waals surface area (Å²) in [5.74, 6) is 2.58. The SMILES string of the molecule is COc1ccc(OC)c(CN2C[C@@H](c3ccccc3)[C@H](c3ccn[nH]3)C2)c1. The Balaban J connectivity index is 1.60. The Hall–Kier alpha value is -2.79. The van der Waals surface area contributed by atoms with Crippen molar-refractivity contribution in [3.05, 3.63) is 77.6 Å². The van der Waals surface area contributed by atoms with Crippen LogP contribution in [0.1, 0.15) is 28.7 Å². The molecule has 0 aliphatic carbocycles. The van der Waals surface area contributed by atoms with Gasteiger partial charge in [0.2, 0.25) is 0 Å². The maximum absolute atomic E-state index is 5.57. The maximum Gasteiger partial charge on any atom is 0.123 e. The van der Waals surface area contributed by atoms with Crippen LogP contribution in [0, 0.1) is 0 Å². The van der Waals surface area contributed by atoms with Gasteiger partial charge in [-0.25, -0.2) is 0 Å². The third kappa shape index (κ3) is 3.69. The molecule has 2 heterocycles. The number of aromatic nitrogens is 2. The van der Waals surface area contributed by atoms with E-state index in [1.54, 1.807) is 14.2 Å². The van der Waals surface area contributed by atoms with E-state index in [1.807, 2.05) is 18.3 Å². The van der Waals surface area contributed by atoms with Crippen molar-refractivity contribution in [2.75, 3.05) is 27.3 Å². The highest BCUT2D eigenvalue weighted by molar-refractivity contribution is 5.40. The Kier molecular flexibility index (Phi) is 5.12. The van der Waals surface area contributed by atoms with Crippen LogP contribution in [-0.2, 0) is 6.54 Å².